The number of carbonyl (C=O) groups is 1. The summed E-state index contributed by atoms with van der Waals surface area (Å²) in [5.41, 5.74) is 2.55. The number of aryl methyl sites for hydroxylation is 1. The van der Waals surface area contributed by atoms with Crippen molar-refractivity contribution in [2.75, 3.05) is 11.9 Å². The van der Waals surface area contributed by atoms with Gasteiger partial charge in [-0.1, -0.05) is 12.1 Å². The molecule has 122 valence electrons. The van der Waals surface area contributed by atoms with Gasteiger partial charge in [0.2, 0.25) is 0 Å². The van der Waals surface area contributed by atoms with Gasteiger partial charge in [0.05, 0.1) is 5.69 Å². The molecule has 0 fully saturated rings. The Morgan fingerprint density at radius 2 is 2.04 bits per heavy atom. The van der Waals surface area contributed by atoms with Crippen LogP contribution in [0.3, 0.4) is 0 Å². The second-order valence-corrected chi connectivity index (χ2v) is 6.06. The number of ether oxygens (including phenoxy) is 1. The number of hydrogen-bond donors (Lipinski definition) is 1. The minimum Gasteiger partial charge on any atom is -0.484 e. The number of aromatic nitrogens is 1. The van der Waals surface area contributed by atoms with Gasteiger partial charge in [-0.05, 0) is 48.9 Å². The lowest BCUT2D eigenvalue weighted by Crippen LogP contribution is -2.20. The van der Waals surface area contributed by atoms with Gasteiger partial charge in [-0.3, -0.25) is 10.1 Å². The fourth-order valence-electron chi connectivity index (χ4n) is 2.09. The Bertz CT molecular complexity index is 846. The van der Waals surface area contributed by atoms with E-state index in [1.165, 1.54) is 23.5 Å². The molecular weight excluding hydrogens is 327 g/mol. The van der Waals surface area contributed by atoms with Gasteiger partial charge < -0.3 is 4.74 Å². The van der Waals surface area contributed by atoms with E-state index in [4.69, 9.17) is 4.74 Å². The molecule has 0 bridgehead atoms. The van der Waals surface area contributed by atoms with Gasteiger partial charge in [0, 0.05) is 10.9 Å². The monoisotopic (exact) mass is 342 g/mol. The van der Waals surface area contributed by atoms with Crippen LogP contribution in [0.2, 0.25) is 0 Å². The van der Waals surface area contributed by atoms with E-state index >= 15 is 0 Å². The summed E-state index contributed by atoms with van der Waals surface area (Å²) in [6.45, 7) is 1.87. The molecular formula is C18H15FN2O2S. The zero-order chi connectivity index (χ0) is 16.9. The van der Waals surface area contributed by atoms with Gasteiger partial charge in [0.1, 0.15) is 11.6 Å². The van der Waals surface area contributed by atoms with Gasteiger partial charge in [-0.2, -0.15) is 0 Å². The third-order valence-electron chi connectivity index (χ3n) is 3.25. The number of thiazole rings is 1. The number of amides is 1. The molecule has 0 aliphatic rings. The lowest BCUT2D eigenvalue weighted by molar-refractivity contribution is -0.118. The number of nitrogens with zero attached hydrogens (tertiary/aromatic N) is 1. The third-order valence-corrected chi connectivity index (χ3v) is 4.01. The van der Waals surface area contributed by atoms with Crippen LogP contribution in [0.4, 0.5) is 9.52 Å². The summed E-state index contributed by atoms with van der Waals surface area (Å²) >= 11 is 1.31. The molecule has 24 heavy (non-hydrogen) atoms. The molecule has 1 aromatic heterocycles. The summed E-state index contributed by atoms with van der Waals surface area (Å²) in [5.74, 6) is 0.0728. The minimum absolute atomic E-state index is 0.0884. The Morgan fingerprint density at radius 3 is 2.79 bits per heavy atom. The van der Waals surface area contributed by atoms with Crippen LogP contribution in [0.5, 0.6) is 5.75 Å². The molecule has 0 aliphatic heterocycles. The SMILES string of the molecule is Cc1cccc(OCC(=O)Nc2nc(-c3ccc(F)cc3)cs2)c1. The molecule has 3 aromatic rings. The van der Waals surface area contributed by atoms with Crippen LogP contribution >= 0.6 is 11.3 Å². The van der Waals surface area contributed by atoms with E-state index in [-0.39, 0.29) is 18.3 Å². The predicted molar refractivity (Wildman–Crippen MR) is 92.8 cm³/mol. The third kappa shape index (κ3) is 4.17. The highest BCUT2D eigenvalue weighted by Gasteiger charge is 2.09. The number of nitrogens with one attached hydrogen (secondary N) is 1. The zero-order valence-electron chi connectivity index (χ0n) is 13.0. The maximum Gasteiger partial charge on any atom is 0.264 e. The van der Waals surface area contributed by atoms with Crippen molar-refractivity contribution in [2.45, 2.75) is 6.92 Å². The van der Waals surface area contributed by atoms with Gasteiger partial charge in [0.25, 0.3) is 5.91 Å². The van der Waals surface area contributed by atoms with E-state index in [2.05, 4.69) is 10.3 Å². The summed E-state index contributed by atoms with van der Waals surface area (Å²) in [7, 11) is 0. The lowest BCUT2D eigenvalue weighted by atomic mass is 10.2. The summed E-state index contributed by atoms with van der Waals surface area (Å²) < 4.78 is 18.4. The van der Waals surface area contributed by atoms with Crippen LogP contribution in [-0.2, 0) is 4.79 Å². The zero-order valence-corrected chi connectivity index (χ0v) is 13.8. The fraction of sp³-hybridized carbons (Fsp3) is 0.111. The first kappa shape index (κ1) is 16.1. The summed E-state index contributed by atoms with van der Waals surface area (Å²) in [6, 6.07) is 13.6. The Morgan fingerprint density at radius 1 is 1.25 bits per heavy atom. The van der Waals surface area contributed by atoms with E-state index in [9.17, 15) is 9.18 Å². The average Bonchev–Trinajstić information content (AvgIpc) is 3.02. The van der Waals surface area contributed by atoms with Crippen LogP contribution in [0, 0.1) is 12.7 Å². The number of benzene rings is 2. The largest absolute Gasteiger partial charge is 0.484 e. The van der Waals surface area contributed by atoms with E-state index in [0.717, 1.165) is 11.1 Å². The van der Waals surface area contributed by atoms with Gasteiger partial charge in [0.15, 0.2) is 11.7 Å². The van der Waals surface area contributed by atoms with Crippen molar-refractivity contribution in [3.63, 3.8) is 0 Å². The normalized spacial score (nSPS) is 10.4. The lowest BCUT2D eigenvalue weighted by Gasteiger charge is -2.06. The number of rotatable bonds is 5. The first-order valence-electron chi connectivity index (χ1n) is 7.31. The standard InChI is InChI=1S/C18H15FN2O2S/c1-12-3-2-4-15(9-12)23-10-17(22)21-18-20-16(11-24-18)13-5-7-14(19)8-6-13/h2-9,11H,10H2,1H3,(H,20,21,22). The molecule has 3 rings (SSSR count). The molecule has 0 spiro atoms. The topological polar surface area (TPSA) is 51.2 Å². The molecule has 2 aromatic carbocycles. The number of anilines is 1. The Hall–Kier alpha value is -2.73. The van der Waals surface area contributed by atoms with E-state index in [0.29, 0.717) is 16.6 Å². The average molecular weight is 342 g/mol. The predicted octanol–water partition coefficient (Wildman–Crippen LogP) is 4.28. The quantitative estimate of drug-likeness (QED) is 0.753. The molecule has 0 unspecified atom stereocenters. The second kappa shape index (κ2) is 7.23. The Kier molecular flexibility index (Phi) is 4.86. The molecule has 0 saturated carbocycles. The van der Waals surface area contributed by atoms with Crippen LogP contribution < -0.4 is 10.1 Å². The molecule has 6 heteroatoms. The molecule has 0 aliphatic carbocycles. The molecule has 1 heterocycles. The number of halogens is 1. The molecule has 0 saturated heterocycles. The molecule has 4 nitrogen and oxygen atoms in total. The van der Waals surface area contributed by atoms with Crippen molar-refractivity contribution < 1.29 is 13.9 Å². The van der Waals surface area contributed by atoms with E-state index in [1.807, 2.05) is 30.5 Å². The fourth-order valence-corrected chi connectivity index (χ4v) is 2.83. The maximum absolute atomic E-state index is 12.9. The van der Waals surface area contributed by atoms with Crippen molar-refractivity contribution in [1.82, 2.24) is 4.98 Å². The van der Waals surface area contributed by atoms with Crippen LogP contribution in [0.15, 0.2) is 53.9 Å². The first-order valence-corrected chi connectivity index (χ1v) is 8.19. The van der Waals surface area contributed by atoms with Gasteiger partial charge >= 0.3 is 0 Å². The number of hydrogen-bond acceptors (Lipinski definition) is 4. The van der Waals surface area contributed by atoms with Crippen molar-refractivity contribution in [2.24, 2.45) is 0 Å². The van der Waals surface area contributed by atoms with Crippen LogP contribution in [-0.4, -0.2) is 17.5 Å². The molecule has 0 atom stereocenters. The first-order chi connectivity index (χ1) is 11.6. The Balaban J connectivity index is 1.58. The van der Waals surface area contributed by atoms with Crippen molar-refractivity contribution >= 4 is 22.4 Å². The molecule has 1 N–H and O–H groups in total. The minimum atomic E-state index is -0.296. The summed E-state index contributed by atoms with van der Waals surface area (Å²) in [5, 5.41) is 4.99. The van der Waals surface area contributed by atoms with Gasteiger partial charge in [-0.15, -0.1) is 11.3 Å². The van der Waals surface area contributed by atoms with Crippen molar-refractivity contribution in [1.29, 1.82) is 0 Å². The van der Waals surface area contributed by atoms with Gasteiger partial charge in [-0.25, -0.2) is 9.37 Å². The molecule has 1 amide bonds. The molecule has 0 radical (unpaired) electrons. The smallest absolute Gasteiger partial charge is 0.264 e. The Labute approximate surface area is 142 Å². The summed E-state index contributed by atoms with van der Waals surface area (Å²) in [6.07, 6.45) is 0. The van der Waals surface area contributed by atoms with Crippen molar-refractivity contribution in [3.8, 4) is 17.0 Å². The second-order valence-electron chi connectivity index (χ2n) is 5.20. The van der Waals surface area contributed by atoms with Crippen LogP contribution in [0.1, 0.15) is 5.56 Å². The maximum atomic E-state index is 12.9. The van der Waals surface area contributed by atoms with E-state index in [1.54, 1.807) is 18.2 Å². The summed E-state index contributed by atoms with van der Waals surface area (Å²) in [4.78, 5) is 16.3. The number of carbonyl (C=O) groups excluding carboxylic acids is 1. The van der Waals surface area contributed by atoms with Crippen LogP contribution in [0.25, 0.3) is 11.3 Å². The highest BCUT2D eigenvalue weighted by atomic mass is 32.1. The highest BCUT2D eigenvalue weighted by Crippen LogP contribution is 2.25. The van der Waals surface area contributed by atoms with Crippen molar-refractivity contribution in [3.05, 3.63) is 65.3 Å². The van der Waals surface area contributed by atoms with E-state index < -0.39 is 0 Å². The highest BCUT2D eigenvalue weighted by molar-refractivity contribution is 7.14.